The Balaban J connectivity index is 0.00000245. The predicted octanol–water partition coefficient (Wildman–Crippen LogP) is 3.10. The maximum atomic E-state index is 12.3. The topological polar surface area (TPSA) is 75.2 Å². The molecule has 2 heterocycles. The Morgan fingerprint density at radius 2 is 1.94 bits per heavy atom. The second-order valence-electron chi connectivity index (χ2n) is 9.63. The average Bonchev–Trinajstić information content (AvgIpc) is 3.44. The lowest BCUT2D eigenvalue weighted by molar-refractivity contribution is -0.127. The second-order valence-corrected chi connectivity index (χ2v) is 9.63. The molecule has 1 saturated heterocycles. The van der Waals surface area contributed by atoms with Gasteiger partial charge in [0.15, 0.2) is 5.96 Å². The summed E-state index contributed by atoms with van der Waals surface area (Å²) in [5, 5.41) is 7.42. The van der Waals surface area contributed by atoms with Crippen LogP contribution in [0.2, 0.25) is 0 Å². The van der Waals surface area contributed by atoms with Crippen molar-refractivity contribution in [2.45, 2.75) is 56.7 Å². The van der Waals surface area contributed by atoms with Gasteiger partial charge in [-0.15, -0.1) is 24.0 Å². The van der Waals surface area contributed by atoms with Gasteiger partial charge in [-0.25, -0.2) is 4.99 Å². The quantitative estimate of drug-likeness (QED) is 0.340. The molecule has 2 aliphatic heterocycles. The molecule has 7 nitrogen and oxygen atoms in total. The second kappa shape index (κ2) is 9.75. The van der Waals surface area contributed by atoms with Crippen LogP contribution in [0.15, 0.2) is 29.3 Å². The van der Waals surface area contributed by atoms with Crippen molar-refractivity contribution in [1.29, 1.82) is 0 Å². The third kappa shape index (κ3) is 4.20. The summed E-state index contributed by atoms with van der Waals surface area (Å²) in [6.45, 7) is 1.67. The average molecular weight is 554 g/mol. The van der Waals surface area contributed by atoms with Gasteiger partial charge in [0, 0.05) is 50.1 Å². The summed E-state index contributed by atoms with van der Waals surface area (Å²) in [7, 11) is 3.54. The molecule has 2 saturated carbocycles. The largest absolute Gasteiger partial charge is 0.493 e. The van der Waals surface area contributed by atoms with E-state index in [2.05, 4.69) is 16.7 Å². The van der Waals surface area contributed by atoms with E-state index in [0.717, 1.165) is 36.7 Å². The highest BCUT2D eigenvalue weighted by Gasteiger charge is 2.65. The SMILES string of the molecule is CN(C)C(=O)CN=C(NC1CCOc2ccccc21)NC1C2CCOC2C12CCCC2.I. The van der Waals surface area contributed by atoms with E-state index in [0.29, 0.717) is 24.7 Å². The Morgan fingerprint density at radius 1 is 1.16 bits per heavy atom. The lowest BCUT2D eigenvalue weighted by Crippen LogP contribution is -2.69. The number of benzene rings is 1. The molecule has 3 fully saturated rings. The zero-order valence-corrected chi connectivity index (χ0v) is 21.3. The number of carbonyl (C=O) groups is 1. The summed E-state index contributed by atoms with van der Waals surface area (Å²) < 4.78 is 12.0. The highest BCUT2D eigenvalue weighted by atomic mass is 127. The van der Waals surface area contributed by atoms with Crippen LogP contribution >= 0.6 is 24.0 Å². The zero-order valence-electron chi connectivity index (χ0n) is 19.0. The van der Waals surface area contributed by atoms with Gasteiger partial charge >= 0.3 is 0 Å². The Hall–Kier alpha value is -1.55. The fourth-order valence-corrected chi connectivity index (χ4v) is 6.13. The number of nitrogens with zero attached hydrogens (tertiary/aromatic N) is 2. The molecule has 32 heavy (non-hydrogen) atoms. The smallest absolute Gasteiger partial charge is 0.243 e. The van der Waals surface area contributed by atoms with Crippen molar-refractivity contribution in [3.8, 4) is 5.75 Å². The number of halogens is 1. The summed E-state index contributed by atoms with van der Waals surface area (Å²) in [6.07, 6.45) is 7.35. The van der Waals surface area contributed by atoms with Crippen molar-refractivity contribution < 1.29 is 14.3 Å². The van der Waals surface area contributed by atoms with E-state index >= 15 is 0 Å². The third-order valence-corrected chi connectivity index (χ3v) is 7.72. The minimum absolute atomic E-state index is 0. The van der Waals surface area contributed by atoms with E-state index in [1.54, 1.807) is 19.0 Å². The van der Waals surface area contributed by atoms with Crippen molar-refractivity contribution in [3.05, 3.63) is 29.8 Å². The van der Waals surface area contributed by atoms with Gasteiger partial charge in [0.05, 0.1) is 18.8 Å². The summed E-state index contributed by atoms with van der Waals surface area (Å²) in [5.74, 6) is 2.20. The number of carbonyl (C=O) groups excluding carboxylic acids is 1. The summed E-state index contributed by atoms with van der Waals surface area (Å²) >= 11 is 0. The van der Waals surface area contributed by atoms with Crippen LogP contribution in [0.25, 0.3) is 0 Å². The number of ether oxygens (including phenoxy) is 2. The molecule has 176 valence electrons. The van der Waals surface area contributed by atoms with Crippen LogP contribution in [0, 0.1) is 11.3 Å². The molecule has 8 heteroatoms. The monoisotopic (exact) mass is 554 g/mol. The molecule has 2 N–H and O–H groups in total. The molecule has 0 radical (unpaired) electrons. The summed E-state index contributed by atoms with van der Waals surface area (Å²) in [6, 6.07) is 8.64. The molecule has 1 aromatic carbocycles. The van der Waals surface area contributed by atoms with E-state index < -0.39 is 0 Å². The number of guanidine groups is 1. The molecule has 1 amide bonds. The highest BCUT2D eigenvalue weighted by molar-refractivity contribution is 14.0. The lowest BCUT2D eigenvalue weighted by atomic mass is 9.54. The van der Waals surface area contributed by atoms with Gasteiger partial charge in [0.2, 0.25) is 5.91 Å². The number of rotatable bonds is 4. The number of hydrogen-bond acceptors (Lipinski definition) is 4. The molecule has 1 spiro atoms. The van der Waals surface area contributed by atoms with Crippen LogP contribution in [-0.4, -0.2) is 62.8 Å². The van der Waals surface area contributed by atoms with E-state index in [9.17, 15) is 4.79 Å². The van der Waals surface area contributed by atoms with Gasteiger partial charge in [0.25, 0.3) is 0 Å². The van der Waals surface area contributed by atoms with Crippen LogP contribution in [0.3, 0.4) is 0 Å². The van der Waals surface area contributed by atoms with E-state index in [1.165, 1.54) is 25.7 Å². The number of para-hydroxylation sites is 1. The number of hydrogen-bond donors (Lipinski definition) is 2. The zero-order chi connectivity index (χ0) is 21.4. The van der Waals surface area contributed by atoms with Gasteiger partial charge < -0.3 is 25.0 Å². The van der Waals surface area contributed by atoms with Crippen molar-refractivity contribution in [2.75, 3.05) is 33.9 Å². The number of fused-ring (bicyclic) bond motifs is 3. The summed E-state index contributed by atoms with van der Waals surface area (Å²) in [5.41, 5.74) is 1.37. The van der Waals surface area contributed by atoms with Gasteiger partial charge in [-0.05, 0) is 25.3 Å². The minimum atomic E-state index is -0.000238. The van der Waals surface area contributed by atoms with Crippen molar-refractivity contribution in [3.63, 3.8) is 0 Å². The number of aliphatic imine (C=N–C) groups is 1. The van der Waals surface area contributed by atoms with Crippen molar-refractivity contribution in [1.82, 2.24) is 15.5 Å². The fourth-order valence-electron chi connectivity index (χ4n) is 6.13. The molecular weight excluding hydrogens is 519 g/mol. The van der Waals surface area contributed by atoms with Crippen LogP contribution in [0.5, 0.6) is 5.75 Å². The van der Waals surface area contributed by atoms with Gasteiger partial charge in [0.1, 0.15) is 12.3 Å². The summed E-state index contributed by atoms with van der Waals surface area (Å²) in [4.78, 5) is 18.6. The van der Waals surface area contributed by atoms with Gasteiger partial charge in [-0.3, -0.25) is 4.79 Å². The molecule has 4 atom stereocenters. The van der Waals surface area contributed by atoms with Gasteiger partial charge in [-0.2, -0.15) is 0 Å². The first-order valence-electron chi connectivity index (χ1n) is 11.7. The maximum absolute atomic E-state index is 12.3. The first-order valence-corrected chi connectivity index (χ1v) is 11.7. The molecule has 2 aliphatic carbocycles. The Morgan fingerprint density at radius 3 is 2.72 bits per heavy atom. The van der Waals surface area contributed by atoms with Crippen LogP contribution < -0.4 is 15.4 Å². The first kappa shape index (κ1) is 23.6. The van der Waals surface area contributed by atoms with Crippen LogP contribution in [0.1, 0.15) is 50.1 Å². The molecule has 0 aromatic heterocycles. The number of nitrogens with one attached hydrogen (secondary N) is 2. The van der Waals surface area contributed by atoms with Crippen LogP contribution in [0.4, 0.5) is 0 Å². The molecule has 4 unspecified atom stereocenters. The fraction of sp³-hybridized carbons (Fsp3) is 0.667. The predicted molar refractivity (Wildman–Crippen MR) is 135 cm³/mol. The van der Waals surface area contributed by atoms with E-state index in [4.69, 9.17) is 14.5 Å². The minimum Gasteiger partial charge on any atom is -0.493 e. The van der Waals surface area contributed by atoms with Crippen molar-refractivity contribution >= 4 is 35.8 Å². The van der Waals surface area contributed by atoms with E-state index in [-0.39, 0.29) is 47.9 Å². The lowest BCUT2D eigenvalue weighted by Gasteiger charge is -2.57. The Bertz CT molecular complexity index is 855. The van der Waals surface area contributed by atoms with Gasteiger partial charge in [-0.1, -0.05) is 31.0 Å². The number of amides is 1. The Kier molecular flexibility index (Phi) is 7.19. The number of likely N-dealkylation sites (N-methyl/N-ethyl adjacent to an activating group) is 1. The highest BCUT2D eigenvalue weighted by Crippen LogP contribution is 2.60. The van der Waals surface area contributed by atoms with E-state index in [1.807, 2.05) is 18.2 Å². The molecule has 1 aromatic rings. The standard InChI is InChI=1S/C24H34N4O3.HI/c1-28(2)20(29)15-25-23(26-18-10-14-30-19-8-4-3-7-16(18)19)27-21-17-9-13-31-22(17)24(21)11-5-6-12-24;/h3-4,7-8,17-18,21-22H,5-6,9-15H2,1-2H3,(H2,25,26,27);1H. The van der Waals surface area contributed by atoms with Crippen molar-refractivity contribution in [2.24, 2.45) is 16.3 Å². The third-order valence-electron chi connectivity index (χ3n) is 7.72. The molecule has 0 bridgehead atoms. The maximum Gasteiger partial charge on any atom is 0.243 e. The Labute approximate surface area is 207 Å². The normalized spacial score (nSPS) is 29.8. The van der Waals surface area contributed by atoms with Crippen LogP contribution in [-0.2, 0) is 9.53 Å². The molecular formula is C24H35IN4O3. The molecule has 5 rings (SSSR count). The molecule has 4 aliphatic rings. The first-order chi connectivity index (χ1) is 15.1.